The van der Waals surface area contributed by atoms with E-state index in [9.17, 15) is 10.1 Å². The van der Waals surface area contributed by atoms with Gasteiger partial charge in [-0.15, -0.1) is 0 Å². The number of hydrogen-bond acceptors (Lipinski definition) is 5. The molecular formula is C17H18N4O3. The van der Waals surface area contributed by atoms with E-state index in [-0.39, 0.29) is 5.69 Å². The third-order valence-corrected chi connectivity index (χ3v) is 3.81. The van der Waals surface area contributed by atoms with Crippen molar-refractivity contribution in [3.63, 3.8) is 0 Å². The number of nitrogen functional groups attached to an aromatic ring is 1. The average Bonchev–Trinajstić information content (AvgIpc) is 2.61. The van der Waals surface area contributed by atoms with Gasteiger partial charge >= 0.3 is 0 Å². The zero-order valence-corrected chi connectivity index (χ0v) is 13.1. The van der Waals surface area contributed by atoms with Crippen LogP contribution in [0.15, 0.2) is 53.5 Å². The molecule has 0 spiro atoms. The molecule has 0 saturated carbocycles. The first-order valence-corrected chi connectivity index (χ1v) is 7.66. The van der Waals surface area contributed by atoms with Crippen molar-refractivity contribution in [1.82, 2.24) is 4.90 Å². The van der Waals surface area contributed by atoms with Crippen molar-refractivity contribution in [3.05, 3.63) is 64.2 Å². The van der Waals surface area contributed by atoms with Gasteiger partial charge in [0.15, 0.2) is 0 Å². The van der Waals surface area contributed by atoms with Crippen LogP contribution in [0.3, 0.4) is 0 Å². The maximum absolute atomic E-state index is 10.8. The molecule has 7 heteroatoms. The van der Waals surface area contributed by atoms with Crippen molar-refractivity contribution in [1.29, 1.82) is 0 Å². The third-order valence-electron chi connectivity index (χ3n) is 3.81. The van der Waals surface area contributed by atoms with Crippen molar-refractivity contribution in [2.24, 2.45) is 4.99 Å². The fourth-order valence-corrected chi connectivity index (χ4v) is 2.55. The molecule has 7 nitrogen and oxygen atoms in total. The molecule has 24 heavy (non-hydrogen) atoms. The number of aliphatic imine (C=N–C) groups is 1. The van der Waals surface area contributed by atoms with E-state index >= 15 is 0 Å². The Kier molecular flexibility index (Phi) is 4.72. The Hall–Kier alpha value is -2.93. The largest absolute Gasteiger partial charge is 0.398 e. The van der Waals surface area contributed by atoms with Crippen LogP contribution in [0.1, 0.15) is 5.56 Å². The molecule has 0 unspecified atom stereocenters. The van der Waals surface area contributed by atoms with Crippen LogP contribution in [0, 0.1) is 10.1 Å². The number of anilines is 1. The summed E-state index contributed by atoms with van der Waals surface area (Å²) >= 11 is 0. The number of rotatable bonds is 3. The van der Waals surface area contributed by atoms with Crippen molar-refractivity contribution < 1.29 is 9.66 Å². The van der Waals surface area contributed by atoms with Crippen LogP contribution < -0.4 is 5.73 Å². The van der Waals surface area contributed by atoms with E-state index in [2.05, 4.69) is 4.90 Å². The highest BCUT2D eigenvalue weighted by atomic mass is 16.6. The quantitative estimate of drug-likeness (QED) is 0.307. The summed E-state index contributed by atoms with van der Waals surface area (Å²) in [5, 5.41) is 10.8. The second-order valence-corrected chi connectivity index (χ2v) is 5.40. The Morgan fingerprint density at radius 3 is 2.42 bits per heavy atom. The topological polar surface area (TPSA) is 94.0 Å². The summed E-state index contributed by atoms with van der Waals surface area (Å²) in [5.41, 5.74) is 8.29. The van der Waals surface area contributed by atoms with E-state index < -0.39 is 4.92 Å². The maximum atomic E-state index is 10.8. The van der Waals surface area contributed by atoms with Gasteiger partial charge in [-0.1, -0.05) is 12.1 Å². The van der Waals surface area contributed by atoms with Gasteiger partial charge in [-0.05, 0) is 24.3 Å². The zero-order chi connectivity index (χ0) is 16.9. The molecule has 0 amide bonds. The zero-order valence-electron chi connectivity index (χ0n) is 13.1. The highest BCUT2D eigenvalue weighted by molar-refractivity contribution is 6.04. The van der Waals surface area contributed by atoms with E-state index in [1.807, 2.05) is 24.3 Å². The van der Waals surface area contributed by atoms with E-state index in [1.165, 1.54) is 12.1 Å². The second-order valence-electron chi connectivity index (χ2n) is 5.40. The molecule has 2 aromatic rings. The molecule has 0 bridgehead atoms. The number of morpholine rings is 1. The number of amidine groups is 1. The Labute approximate surface area is 139 Å². The van der Waals surface area contributed by atoms with E-state index in [0.29, 0.717) is 24.6 Å². The van der Waals surface area contributed by atoms with Gasteiger partial charge in [-0.2, -0.15) is 0 Å². The summed E-state index contributed by atoms with van der Waals surface area (Å²) in [7, 11) is 0. The van der Waals surface area contributed by atoms with Gasteiger partial charge < -0.3 is 15.4 Å². The smallest absolute Gasteiger partial charge is 0.269 e. The monoisotopic (exact) mass is 326 g/mol. The second kappa shape index (κ2) is 7.10. The molecule has 0 radical (unpaired) electrons. The molecule has 124 valence electrons. The number of nitrogens with two attached hydrogens (primary N) is 1. The molecule has 2 N–H and O–H groups in total. The molecule has 0 atom stereocenters. The van der Waals surface area contributed by atoms with Crippen LogP contribution in [0.5, 0.6) is 0 Å². The molecule has 1 fully saturated rings. The lowest BCUT2D eigenvalue weighted by Gasteiger charge is -2.30. The van der Waals surface area contributed by atoms with Crippen LogP contribution in [0.2, 0.25) is 0 Å². The number of nitrogens with zero attached hydrogens (tertiary/aromatic N) is 3. The number of para-hydroxylation sites is 1. The molecule has 3 rings (SSSR count). The molecule has 0 aliphatic carbocycles. The number of benzene rings is 2. The fourth-order valence-electron chi connectivity index (χ4n) is 2.55. The first-order valence-electron chi connectivity index (χ1n) is 7.66. The fraction of sp³-hybridized carbons (Fsp3) is 0.235. The summed E-state index contributed by atoms with van der Waals surface area (Å²) in [5.74, 6) is 0.755. The lowest BCUT2D eigenvalue weighted by Crippen LogP contribution is -2.41. The van der Waals surface area contributed by atoms with Crippen molar-refractivity contribution in [2.45, 2.75) is 0 Å². The highest BCUT2D eigenvalue weighted by Gasteiger charge is 2.19. The first-order chi connectivity index (χ1) is 11.6. The summed E-state index contributed by atoms with van der Waals surface area (Å²) in [6.45, 7) is 2.71. The SMILES string of the molecule is Nc1ccccc1C(=Nc1ccc([N+](=O)[O-])cc1)N1CCOCC1. The van der Waals surface area contributed by atoms with Crippen LogP contribution in [0.4, 0.5) is 17.1 Å². The number of ether oxygens (including phenoxy) is 1. The number of hydrogen-bond donors (Lipinski definition) is 1. The van der Waals surface area contributed by atoms with Gasteiger partial charge in [0, 0.05) is 36.5 Å². The predicted molar refractivity (Wildman–Crippen MR) is 92.5 cm³/mol. The van der Waals surface area contributed by atoms with E-state index in [1.54, 1.807) is 12.1 Å². The van der Waals surface area contributed by atoms with Crippen molar-refractivity contribution in [2.75, 3.05) is 32.0 Å². The van der Waals surface area contributed by atoms with E-state index in [0.717, 1.165) is 24.5 Å². The first kappa shape index (κ1) is 15.9. The van der Waals surface area contributed by atoms with Crippen molar-refractivity contribution in [3.8, 4) is 0 Å². The standard InChI is InChI=1S/C17H18N4O3/c18-16-4-2-1-3-15(16)17(20-9-11-24-12-10-20)19-13-5-7-14(8-6-13)21(22)23/h1-8H,9-12,18H2. The van der Waals surface area contributed by atoms with Gasteiger partial charge in [0.05, 0.1) is 23.8 Å². The highest BCUT2D eigenvalue weighted by Crippen LogP contribution is 2.22. The number of nitro benzene ring substituents is 1. The lowest BCUT2D eigenvalue weighted by molar-refractivity contribution is -0.384. The number of non-ortho nitro benzene ring substituents is 1. The van der Waals surface area contributed by atoms with Crippen LogP contribution >= 0.6 is 0 Å². The van der Waals surface area contributed by atoms with E-state index in [4.69, 9.17) is 15.5 Å². The minimum atomic E-state index is -0.425. The predicted octanol–water partition coefficient (Wildman–Crippen LogP) is 2.59. The molecule has 2 aromatic carbocycles. The van der Waals surface area contributed by atoms with Gasteiger partial charge in [-0.25, -0.2) is 4.99 Å². The van der Waals surface area contributed by atoms with Gasteiger partial charge in [0.2, 0.25) is 0 Å². The minimum absolute atomic E-state index is 0.0427. The van der Waals surface area contributed by atoms with Crippen LogP contribution in [-0.4, -0.2) is 42.0 Å². The molecule has 0 aromatic heterocycles. The Morgan fingerprint density at radius 2 is 1.79 bits per heavy atom. The molecule has 1 aliphatic rings. The van der Waals surface area contributed by atoms with Crippen LogP contribution in [0.25, 0.3) is 0 Å². The number of nitro groups is 1. The Bertz CT molecular complexity index is 753. The molecular weight excluding hydrogens is 308 g/mol. The normalized spacial score (nSPS) is 15.3. The molecule has 1 heterocycles. The third kappa shape index (κ3) is 3.52. The Balaban J connectivity index is 2.00. The maximum Gasteiger partial charge on any atom is 0.269 e. The van der Waals surface area contributed by atoms with Crippen LogP contribution in [-0.2, 0) is 4.74 Å². The van der Waals surface area contributed by atoms with Gasteiger partial charge in [-0.3, -0.25) is 10.1 Å². The summed E-state index contributed by atoms with van der Waals surface area (Å²) in [4.78, 5) is 17.2. The minimum Gasteiger partial charge on any atom is -0.398 e. The molecule has 1 aliphatic heterocycles. The van der Waals surface area contributed by atoms with Gasteiger partial charge in [0.1, 0.15) is 5.84 Å². The summed E-state index contributed by atoms with van der Waals surface area (Å²) in [6, 6.07) is 13.7. The summed E-state index contributed by atoms with van der Waals surface area (Å²) in [6.07, 6.45) is 0. The summed E-state index contributed by atoms with van der Waals surface area (Å²) < 4.78 is 5.41. The Morgan fingerprint density at radius 1 is 1.12 bits per heavy atom. The molecule has 1 saturated heterocycles. The van der Waals surface area contributed by atoms with Crippen molar-refractivity contribution >= 4 is 22.9 Å². The average molecular weight is 326 g/mol. The lowest BCUT2D eigenvalue weighted by atomic mass is 10.1. The van der Waals surface area contributed by atoms with Gasteiger partial charge in [0.25, 0.3) is 5.69 Å².